The van der Waals surface area contributed by atoms with Crippen LogP contribution in [0.4, 0.5) is 0 Å². The quantitative estimate of drug-likeness (QED) is 0.715. The highest BCUT2D eigenvalue weighted by Crippen LogP contribution is 2.27. The van der Waals surface area contributed by atoms with Crippen molar-refractivity contribution in [3.8, 4) is 5.75 Å². The monoisotopic (exact) mass is 380 g/mol. The summed E-state index contributed by atoms with van der Waals surface area (Å²) in [7, 11) is 0. The Kier molecular flexibility index (Phi) is 3.57. The first-order valence-electron chi connectivity index (χ1n) is 5.74. The molecule has 1 N–H and O–H groups in total. The van der Waals surface area contributed by atoms with Crippen LogP contribution in [0.5, 0.6) is 5.75 Å². The van der Waals surface area contributed by atoms with E-state index in [2.05, 4.69) is 41.8 Å². The summed E-state index contributed by atoms with van der Waals surface area (Å²) < 4.78 is 7.65. The average molecular weight is 382 g/mol. The van der Waals surface area contributed by atoms with Crippen LogP contribution in [0.3, 0.4) is 0 Å². The number of benzene rings is 2. The molecule has 1 heterocycles. The minimum atomic E-state index is 0.425. The first kappa shape index (κ1) is 12.7. The smallest absolute Gasteiger partial charge is 0.146 e. The zero-order valence-electron chi connectivity index (χ0n) is 9.86. The van der Waals surface area contributed by atoms with Crippen LogP contribution in [-0.2, 0) is 6.61 Å². The van der Waals surface area contributed by atoms with Crippen LogP contribution in [0.15, 0.2) is 51.4 Å². The molecule has 3 aromatic rings. The number of rotatable bonds is 3. The van der Waals surface area contributed by atoms with Gasteiger partial charge in [-0.3, -0.25) is 0 Å². The second-order valence-electron chi connectivity index (χ2n) is 4.07. The summed E-state index contributed by atoms with van der Waals surface area (Å²) >= 11 is 6.94. The summed E-state index contributed by atoms with van der Waals surface area (Å²) in [5.74, 6) is 1.65. The molecular formula is C14H10Br2N2O. The lowest BCUT2D eigenvalue weighted by molar-refractivity contribution is 0.297. The van der Waals surface area contributed by atoms with E-state index in [0.29, 0.717) is 6.61 Å². The molecule has 0 unspecified atom stereocenters. The van der Waals surface area contributed by atoms with E-state index < -0.39 is 0 Å². The molecule has 0 radical (unpaired) electrons. The van der Waals surface area contributed by atoms with E-state index in [4.69, 9.17) is 4.74 Å². The van der Waals surface area contributed by atoms with Crippen LogP contribution >= 0.6 is 31.9 Å². The third kappa shape index (κ3) is 2.82. The molecular weight excluding hydrogens is 372 g/mol. The van der Waals surface area contributed by atoms with Crippen molar-refractivity contribution in [2.45, 2.75) is 6.61 Å². The van der Waals surface area contributed by atoms with E-state index in [1.165, 1.54) is 0 Å². The van der Waals surface area contributed by atoms with E-state index in [1.807, 2.05) is 42.5 Å². The highest BCUT2D eigenvalue weighted by atomic mass is 79.9. The third-order valence-corrected chi connectivity index (χ3v) is 4.54. The number of H-pyrrole nitrogens is 1. The minimum Gasteiger partial charge on any atom is -0.486 e. The first-order chi connectivity index (χ1) is 9.22. The number of imidazole rings is 1. The molecule has 0 atom stereocenters. The topological polar surface area (TPSA) is 37.9 Å². The number of hydrogen-bond acceptors (Lipinski definition) is 2. The second kappa shape index (κ2) is 5.35. The van der Waals surface area contributed by atoms with Crippen molar-refractivity contribution < 1.29 is 4.74 Å². The van der Waals surface area contributed by atoms with E-state index in [0.717, 1.165) is 31.6 Å². The van der Waals surface area contributed by atoms with Gasteiger partial charge in [0.1, 0.15) is 18.2 Å². The number of halogens is 2. The molecule has 3 nitrogen and oxygen atoms in total. The van der Waals surface area contributed by atoms with E-state index in [1.54, 1.807) is 0 Å². The van der Waals surface area contributed by atoms with Crippen LogP contribution in [0.2, 0.25) is 0 Å². The van der Waals surface area contributed by atoms with Gasteiger partial charge in [0.25, 0.3) is 0 Å². The number of aromatic nitrogens is 2. The van der Waals surface area contributed by atoms with Crippen LogP contribution in [0, 0.1) is 0 Å². The molecule has 0 amide bonds. The number of aromatic amines is 1. The molecule has 0 aliphatic carbocycles. The molecule has 5 heteroatoms. The summed E-state index contributed by atoms with van der Waals surface area (Å²) in [6, 6.07) is 13.7. The highest BCUT2D eigenvalue weighted by molar-refractivity contribution is 9.13. The number of nitrogens with zero attached hydrogens (tertiary/aromatic N) is 1. The van der Waals surface area contributed by atoms with Gasteiger partial charge in [-0.2, -0.15) is 0 Å². The third-order valence-electron chi connectivity index (χ3n) is 2.69. The standard InChI is InChI=1S/C14H10Br2N2O/c15-10-6-12-13(7-11(10)16)18-14(17-12)8-19-9-4-2-1-3-5-9/h1-7H,8H2,(H,17,18). The molecule has 2 aromatic carbocycles. The van der Waals surface area contributed by atoms with Crippen molar-refractivity contribution in [3.63, 3.8) is 0 Å². The van der Waals surface area contributed by atoms with Gasteiger partial charge in [0.2, 0.25) is 0 Å². The largest absolute Gasteiger partial charge is 0.486 e. The Morgan fingerprint density at radius 1 is 1.05 bits per heavy atom. The van der Waals surface area contributed by atoms with E-state index in [9.17, 15) is 0 Å². The number of hydrogen-bond donors (Lipinski definition) is 1. The van der Waals surface area contributed by atoms with E-state index in [-0.39, 0.29) is 0 Å². The number of ether oxygens (including phenoxy) is 1. The maximum atomic E-state index is 5.66. The Labute approximate surface area is 127 Å². The van der Waals surface area contributed by atoms with Gasteiger partial charge in [0.05, 0.1) is 11.0 Å². The fraction of sp³-hybridized carbons (Fsp3) is 0.0714. The Hall–Kier alpha value is -1.33. The summed E-state index contributed by atoms with van der Waals surface area (Å²) in [6.45, 7) is 0.425. The van der Waals surface area contributed by atoms with E-state index >= 15 is 0 Å². The summed E-state index contributed by atoms with van der Waals surface area (Å²) in [4.78, 5) is 7.75. The lowest BCUT2D eigenvalue weighted by atomic mass is 10.3. The fourth-order valence-corrected chi connectivity index (χ4v) is 2.47. The Bertz CT molecular complexity index is 671. The van der Waals surface area contributed by atoms with Crippen molar-refractivity contribution in [1.82, 2.24) is 9.97 Å². The molecule has 0 saturated heterocycles. The minimum absolute atomic E-state index is 0.425. The lowest BCUT2D eigenvalue weighted by Crippen LogP contribution is -1.96. The zero-order chi connectivity index (χ0) is 13.2. The fourth-order valence-electron chi connectivity index (χ4n) is 1.79. The van der Waals surface area contributed by atoms with Gasteiger partial charge in [-0.1, -0.05) is 18.2 Å². The SMILES string of the molecule is Brc1cc2nc(COc3ccccc3)[nH]c2cc1Br. The molecule has 1 aromatic heterocycles. The summed E-state index contributed by atoms with van der Waals surface area (Å²) in [6.07, 6.45) is 0. The first-order valence-corrected chi connectivity index (χ1v) is 7.32. The molecule has 96 valence electrons. The molecule has 0 spiro atoms. The molecule has 0 aliphatic rings. The van der Waals surface area contributed by atoms with Crippen LogP contribution < -0.4 is 4.74 Å². The molecule has 19 heavy (non-hydrogen) atoms. The predicted molar refractivity (Wildman–Crippen MR) is 82.3 cm³/mol. The highest BCUT2D eigenvalue weighted by Gasteiger charge is 2.06. The predicted octanol–water partition coefficient (Wildman–Crippen LogP) is 4.67. The maximum absolute atomic E-state index is 5.66. The Morgan fingerprint density at radius 2 is 1.79 bits per heavy atom. The van der Waals surface area contributed by atoms with Crippen molar-refractivity contribution in [2.24, 2.45) is 0 Å². The molecule has 0 saturated carbocycles. The molecule has 0 bridgehead atoms. The van der Waals surface area contributed by atoms with Crippen LogP contribution in [0.25, 0.3) is 11.0 Å². The van der Waals surface area contributed by atoms with Gasteiger partial charge in [-0.25, -0.2) is 4.98 Å². The second-order valence-corrected chi connectivity index (χ2v) is 5.78. The lowest BCUT2D eigenvalue weighted by Gasteiger charge is -2.02. The van der Waals surface area contributed by atoms with Crippen molar-refractivity contribution in [3.05, 3.63) is 57.2 Å². The normalized spacial score (nSPS) is 10.8. The van der Waals surface area contributed by atoms with Gasteiger partial charge in [-0.05, 0) is 56.1 Å². The number of nitrogens with one attached hydrogen (secondary N) is 1. The Balaban J connectivity index is 1.82. The van der Waals surface area contributed by atoms with Gasteiger partial charge in [0, 0.05) is 8.95 Å². The number of fused-ring (bicyclic) bond motifs is 1. The number of para-hydroxylation sites is 1. The van der Waals surface area contributed by atoms with Gasteiger partial charge < -0.3 is 9.72 Å². The molecule has 0 aliphatic heterocycles. The average Bonchev–Trinajstić information content (AvgIpc) is 2.80. The maximum Gasteiger partial charge on any atom is 0.146 e. The van der Waals surface area contributed by atoms with Crippen molar-refractivity contribution >= 4 is 42.9 Å². The molecule has 3 rings (SSSR count). The van der Waals surface area contributed by atoms with Crippen LogP contribution in [0.1, 0.15) is 5.82 Å². The van der Waals surface area contributed by atoms with Gasteiger partial charge >= 0.3 is 0 Å². The zero-order valence-corrected chi connectivity index (χ0v) is 13.0. The van der Waals surface area contributed by atoms with Crippen molar-refractivity contribution in [1.29, 1.82) is 0 Å². The van der Waals surface area contributed by atoms with Crippen molar-refractivity contribution in [2.75, 3.05) is 0 Å². The van der Waals surface area contributed by atoms with Crippen LogP contribution in [-0.4, -0.2) is 9.97 Å². The summed E-state index contributed by atoms with van der Waals surface area (Å²) in [5, 5.41) is 0. The Morgan fingerprint density at radius 3 is 2.58 bits per heavy atom. The van der Waals surface area contributed by atoms with Gasteiger partial charge in [0.15, 0.2) is 0 Å². The summed E-state index contributed by atoms with van der Waals surface area (Å²) in [5.41, 5.74) is 1.91. The van der Waals surface area contributed by atoms with Gasteiger partial charge in [-0.15, -0.1) is 0 Å². The molecule has 0 fully saturated rings.